The standard InChI is InChI=1S/C12H13F2N5O/c1-20-9-4-3-8(7-15-9)19-11(10(13)14)16-17-12(19)18-5-2-6-18/h3-4,7,10H,2,5-6H2,1H3. The SMILES string of the molecule is COc1ccc(-n2c(C(F)F)nnc2N2CCC2)cn1. The fraction of sp³-hybridized carbons (Fsp3) is 0.417. The first-order chi connectivity index (χ1) is 9.70. The number of nitrogens with zero attached hydrogens (tertiary/aromatic N) is 5. The maximum atomic E-state index is 13.1. The summed E-state index contributed by atoms with van der Waals surface area (Å²) in [6.07, 6.45) is -0.200. The molecule has 1 aliphatic rings. The van der Waals surface area contributed by atoms with Gasteiger partial charge in [-0.3, -0.25) is 4.57 Å². The van der Waals surface area contributed by atoms with Crippen LogP contribution in [-0.2, 0) is 0 Å². The monoisotopic (exact) mass is 281 g/mol. The highest BCUT2D eigenvalue weighted by atomic mass is 19.3. The molecule has 2 aromatic heterocycles. The van der Waals surface area contributed by atoms with Crippen LogP contribution >= 0.6 is 0 Å². The number of rotatable bonds is 4. The Labute approximate surface area is 114 Å². The Morgan fingerprint density at radius 2 is 2.05 bits per heavy atom. The molecule has 6 nitrogen and oxygen atoms in total. The van der Waals surface area contributed by atoms with Gasteiger partial charge in [0.25, 0.3) is 6.43 Å². The van der Waals surface area contributed by atoms with Crippen molar-refractivity contribution in [3.63, 3.8) is 0 Å². The average molecular weight is 281 g/mol. The zero-order valence-corrected chi connectivity index (χ0v) is 10.8. The van der Waals surface area contributed by atoms with Gasteiger partial charge in [-0.05, 0) is 12.5 Å². The van der Waals surface area contributed by atoms with Crippen molar-refractivity contribution in [3.8, 4) is 11.6 Å². The lowest BCUT2D eigenvalue weighted by molar-refractivity contribution is 0.138. The van der Waals surface area contributed by atoms with Gasteiger partial charge in [-0.1, -0.05) is 0 Å². The van der Waals surface area contributed by atoms with Gasteiger partial charge in [0, 0.05) is 19.2 Å². The van der Waals surface area contributed by atoms with Crippen molar-refractivity contribution in [2.45, 2.75) is 12.8 Å². The van der Waals surface area contributed by atoms with Crippen molar-refractivity contribution in [1.29, 1.82) is 0 Å². The number of aromatic nitrogens is 4. The summed E-state index contributed by atoms with van der Waals surface area (Å²) >= 11 is 0. The second-order valence-corrected chi connectivity index (χ2v) is 4.39. The van der Waals surface area contributed by atoms with Crippen molar-refractivity contribution in [2.75, 3.05) is 25.1 Å². The summed E-state index contributed by atoms with van der Waals surface area (Å²) in [4.78, 5) is 5.94. The van der Waals surface area contributed by atoms with Crippen LogP contribution in [0.1, 0.15) is 18.7 Å². The van der Waals surface area contributed by atoms with Gasteiger partial charge in [0.2, 0.25) is 17.7 Å². The maximum Gasteiger partial charge on any atom is 0.297 e. The Morgan fingerprint density at radius 3 is 2.55 bits per heavy atom. The molecule has 20 heavy (non-hydrogen) atoms. The van der Waals surface area contributed by atoms with E-state index >= 15 is 0 Å². The van der Waals surface area contributed by atoms with Gasteiger partial charge in [0.05, 0.1) is 19.0 Å². The maximum absolute atomic E-state index is 13.1. The molecule has 0 aromatic carbocycles. The molecule has 1 fully saturated rings. The second kappa shape index (κ2) is 5.03. The van der Waals surface area contributed by atoms with Crippen molar-refractivity contribution in [1.82, 2.24) is 19.7 Å². The third kappa shape index (κ3) is 2.06. The molecule has 0 atom stereocenters. The Bertz CT molecular complexity index is 594. The van der Waals surface area contributed by atoms with E-state index in [-0.39, 0.29) is 5.82 Å². The normalized spacial score (nSPS) is 14.5. The van der Waals surface area contributed by atoms with E-state index in [1.807, 2.05) is 4.90 Å². The van der Waals surface area contributed by atoms with Crippen molar-refractivity contribution >= 4 is 5.95 Å². The molecule has 2 aromatic rings. The highest BCUT2D eigenvalue weighted by molar-refractivity contribution is 5.45. The zero-order chi connectivity index (χ0) is 14.1. The van der Waals surface area contributed by atoms with Gasteiger partial charge < -0.3 is 9.64 Å². The van der Waals surface area contributed by atoms with Crippen LogP contribution in [-0.4, -0.2) is 39.9 Å². The summed E-state index contributed by atoms with van der Waals surface area (Å²) in [5.41, 5.74) is 0.494. The summed E-state index contributed by atoms with van der Waals surface area (Å²) in [5.74, 6) is 0.475. The highest BCUT2D eigenvalue weighted by Crippen LogP contribution is 2.28. The van der Waals surface area contributed by atoms with Gasteiger partial charge in [-0.15, -0.1) is 10.2 Å². The predicted octanol–water partition coefficient (Wildman–Crippen LogP) is 1.82. The fourth-order valence-corrected chi connectivity index (χ4v) is 2.02. The number of hydrogen-bond acceptors (Lipinski definition) is 5. The summed E-state index contributed by atoms with van der Waals surface area (Å²) in [6.45, 7) is 1.59. The van der Waals surface area contributed by atoms with Gasteiger partial charge >= 0.3 is 0 Å². The molecule has 0 unspecified atom stereocenters. The average Bonchev–Trinajstić information content (AvgIpc) is 2.81. The van der Waals surface area contributed by atoms with E-state index in [0.717, 1.165) is 19.5 Å². The molecule has 3 heterocycles. The van der Waals surface area contributed by atoms with Crippen molar-refractivity contribution in [2.24, 2.45) is 0 Å². The van der Waals surface area contributed by atoms with E-state index < -0.39 is 6.43 Å². The number of ether oxygens (including phenoxy) is 1. The molecular weight excluding hydrogens is 268 g/mol. The number of hydrogen-bond donors (Lipinski definition) is 0. The van der Waals surface area contributed by atoms with Crippen molar-refractivity contribution < 1.29 is 13.5 Å². The Kier molecular flexibility index (Phi) is 3.21. The quantitative estimate of drug-likeness (QED) is 0.855. The van der Waals surface area contributed by atoms with Crippen LogP contribution in [0.2, 0.25) is 0 Å². The smallest absolute Gasteiger partial charge is 0.297 e. The van der Waals surface area contributed by atoms with Crippen LogP contribution in [0.3, 0.4) is 0 Å². The Balaban J connectivity index is 2.06. The second-order valence-electron chi connectivity index (χ2n) is 4.39. The van der Waals surface area contributed by atoms with Crippen LogP contribution < -0.4 is 9.64 Å². The van der Waals surface area contributed by atoms with E-state index in [2.05, 4.69) is 15.2 Å². The van der Waals surface area contributed by atoms with Crippen LogP contribution in [0.4, 0.5) is 14.7 Å². The molecule has 0 N–H and O–H groups in total. The zero-order valence-electron chi connectivity index (χ0n) is 10.8. The fourth-order valence-electron chi connectivity index (χ4n) is 2.02. The number of alkyl halides is 2. The summed E-state index contributed by atoms with van der Waals surface area (Å²) in [6, 6.07) is 3.27. The van der Waals surface area contributed by atoms with Gasteiger partial charge in [-0.2, -0.15) is 0 Å². The van der Waals surface area contributed by atoms with Crippen LogP contribution in [0, 0.1) is 0 Å². The van der Waals surface area contributed by atoms with Crippen LogP contribution in [0.15, 0.2) is 18.3 Å². The minimum Gasteiger partial charge on any atom is -0.481 e. The number of pyridine rings is 1. The first-order valence-electron chi connectivity index (χ1n) is 6.19. The van der Waals surface area contributed by atoms with Crippen LogP contribution in [0.25, 0.3) is 5.69 Å². The molecular formula is C12H13F2N5O. The van der Waals surface area contributed by atoms with Gasteiger partial charge in [0.15, 0.2) is 0 Å². The number of anilines is 1. The summed E-state index contributed by atoms with van der Waals surface area (Å²) < 4.78 is 32.4. The van der Waals surface area contributed by atoms with Crippen LogP contribution in [0.5, 0.6) is 5.88 Å². The summed E-state index contributed by atoms with van der Waals surface area (Å²) in [5, 5.41) is 7.48. The predicted molar refractivity (Wildman–Crippen MR) is 67.5 cm³/mol. The lowest BCUT2D eigenvalue weighted by Gasteiger charge is -2.31. The van der Waals surface area contributed by atoms with E-state index in [1.54, 1.807) is 12.1 Å². The third-order valence-electron chi connectivity index (χ3n) is 3.19. The highest BCUT2D eigenvalue weighted by Gasteiger charge is 2.27. The molecule has 106 valence electrons. The Morgan fingerprint density at radius 1 is 1.25 bits per heavy atom. The molecule has 0 bridgehead atoms. The van der Waals surface area contributed by atoms with Gasteiger partial charge in [-0.25, -0.2) is 13.8 Å². The molecule has 3 rings (SSSR count). The minimum absolute atomic E-state index is 0.376. The molecule has 0 amide bonds. The van der Waals surface area contributed by atoms with Gasteiger partial charge in [0.1, 0.15) is 0 Å². The molecule has 8 heteroatoms. The molecule has 0 radical (unpaired) electrons. The minimum atomic E-state index is -2.69. The molecule has 1 aliphatic heterocycles. The largest absolute Gasteiger partial charge is 0.481 e. The molecule has 1 saturated heterocycles. The Hall–Kier alpha value is -2.25. The van der Waals surface area contributed by atoms with E-state index in [0.29, 0.717) is 17.5 Å². The lowest BCUT2D eigenvalue weighted by Crippen LogP contribution is -2.39. The lowest BCUT2D eigenvalue weighted by atomic mass is 10.2. The van der Waals surface area contributed by atoms with E-state index in [4.69, 9.17) is 4.74 Å². The molecule has 0 spiro atoms. The first-order valence-corrected chi connectivity index (χ1v) is 6.19. The summed E-state index contributed by atoms with van der Waals surface area (Å²) in [7, 11) is 1.50. The number of halogens is 2. The topological polar surface area (TPSA) is 56.1 Å². The van der Waals surface area contributed by atoms with Crippen molar-refractivity contribution in [3.05, 3.63) is 24.2 Å². The third-order valence-corrected chi connectivity index (χ3v) is 3.19. The first kappa shape index (κ1) is 12.8. The molecule has 0 aliphatic carbocycles. The molecule has 0 saturated carbocycles. The van der Waals surface area contributed by atoms with E-state index in [1.165, 1.54) is 17.9 Å². The number of methoxy groups -OCH3 is 1. The van der Waals surface area contributed by atoms with E-state index in [9.17, 15) is 8.78 Å².